The summed E-state index contributed by atoms with van der Waals surface area (Å²) in [5.41, 5.74) is 1.52. The highest BCUT2D eigenvalue weighted by atomic mass is 19.1. The predicted molar refractivity (Wildman–Crippen MR) is 120 cm³/mol. The van der Waals surface area contributed by atoms with Gasteiger partial charge in [0.15, 0.2) is 23.9 Å². The lowest BCUT2D eigenvalue weighted by atomic mass is 10.1. The molecule has 1 aromatic heterocycles. The Bertz CT molecular complexity index is 1370. The van der Waals surface area contributed by atoms with Crippen molar-refractivity contribution >= 4 is 17.4 Å². The van der Waals surface area contributed by atoms with Crippen LogP contribution in [0.3, 0.4) is 0 Å². The number of nitrogens with zero attached hydrogens (tertiary/aromatic N) is 2. The average molecular weight is 459 g/mol. The second-order valence-corrected chi connectivity index (χ2v) is 7.38. The van der Waals surface area contributed by atoms with Crippen LogP contribution in [0.5, 0.6) is 17.2 Å². The van der Waals surface area contributed by atoms with Gasteiger partial charge in [-0.25, -0.2) is 9.07 Å². The van der Waals surface area contributed by atoms with Gasteiger partial charge in [0, 0.05) is 18.0 Å². The molecular weight excluding hydrogens is 441 g/mol. The Labute approximate surface area is 193 Å². The molecule has 1 N–H and O–H groups in total. The fourth-order valence-electron chi connectivity index (χ4n) is 3.44. The third-order valence-electron chi connectivity index (χ3n) is 5.07. The molecule has 0 spiro atoms. The summed E-state index contributed by atoms with van der Waals surface area (Å²) >= 11 is 0. The summed E-state index contributed by atoms with van der Waals surface area (Å²) in [6.45, 7) is -0.259. The summed E-state index contributed by atoms with van der Waals surface area (Å²) in [6, 6.07) is 17.8. The van der Waals surface area contributed by atoms with Crippen LogP contribution in [0.2, 0.25) is 0 Å². The van der Waals surface area contributed by atoms with E-state index >= 15 is 0 Å². The predicted octanol–water partition coefficient (Wildman–Crippen LogP) is 3.99. The molecule has 8 nitrogen and oxygen atoms in total. The first-order chi connectivity index (χ1) is 16.6. The number of hydrogen-bond donors (Lipinski definition) is 1. The number of benzene rings is 3. The average Bonchev–Trinajstić information content (AvgIpc) is 3.53. The van der Waals surface area contributed by atoms with E-state index in [9.17, 15) is 14.0 Å². The second kappa shape index (κ2) is 9.07. The molecule has 4 aromatic rings. The second-order valence-electron chi connectivity index (χ2n) is 7.38. The van der Waals surface area contributed by atoms with Crippen LogP contribution in [-0.2, 0) is 4.79 Å². The van der Waals surface area contributed by atoms with Crippen LogP contribution >= 0.6 is 0 Å². The van der Waals surface area contributed by atoms with Crippen molar-refractivity contribution in [2.75, 3.05) is 18.7 Å². The lowest BCUT2D eigenvalue weighted by molar-refractivity contribution is -0.118. The highest BCUT2D eigenvalue weighted by Gasteiger charge is 2.19. The summed E-state index contributed by atoms with van der Waals surface area (Å²) in [5, 5.41) is 6.89. The van der Waals surface area contributed by atoms with E-state index in [0.29, 0.717) is 17.2 Å². The Balaban J connectivity index is 1.29. The molecule has 170 valence electrons. The molecule has 1 aliphatic rings. The largest absolute Gasteiger partial charge is 0.483 e. The van der Waals surface area contributed by atoms with E-state index in [-0.39, 0.29) is 30.3 Å². The highest BCUT2D eigenvalue weighted by molar-refractivity contribution is 6.10. The molecule has 0 fully saturated rings. The number of aromatic nitrogens is 2. The zero-order valence-electron chi connectivity index (χ0n) is 17.7. The van der Waals surface area contributed by atoms with Gasteiger partial charge in [0.25, 0.3) is 5.91 Å². The Morgan fingerprint density at radius 3 is 2.71 bits per heavy atom. The monoisotopic (exact) mass is 459 g/mol. The Morgan fingerprint density at radius 1 is 1.03 bits per heavy atom. The van der Waals surface area contributed by atoms with Crippen molar-refractivity contribution in [2.45, 2.75) is 0 Å². The van der Waals surface area contributed by atoms with Gasteiger partial charge in [-0.05, 0) is 42.5 Å². The third-order valence-corrected chi connectivity index (χ3v) is 5.07. The van der Waals surface area contributed by atoms with Crippen LogP contribution in [0.15, 0.2) is 79.1 Å². The van der Waals surface area contributed by atoms with Crippen LogP contribution in [-0.4, -0.2) is 34.9 Å². The van der Waals surface area contributed by atoms with Crippen molar-refractivity contribution in [3.8, 4) is 22.9 Å². The molecule has 0 atom stereocenters. The fourth-order valence-corrected chi connectivity index (χ4v) is 3.44. The summed E-state index contributed by atoms with van der Waals surface area (Å²) < 4.78 is 31.6. The van der Waals surface area contributed by atoms with Gasteiger partial charge in [-0.15, -0.1) is 0 Å². The fraction of sp³-hybridized carbons (Fsp3) is 0.0800. The van der Waals surface area contributed by atoms with Gasteiger partial charge in [-0.2, -0.15) is 5.10 Å². The minimum atomic E-state index is -0.601. The normalized spacial score (nSPS) is 11.8. The maximum atomic E-state index is 14.0. The number of anilines is 1. The standard InChI is InChI=1S/C25H18FN3O5/c26-17-6-8-21(32-14-24(30)28-18-7-9-22-23(11-18)34-15-33-22)20(10-17)25(31)16-12-27-29(13-16)19-4-2-1-3-5-19/h1-13H,14-15H2,(H,28,30). The van der Waals surface area contributed by atoms with E-state index < -0.39 is 17.5 Å². The highest BCUT2D eigenvalue weighted by Crippen LogP contribution is 2.34. The summed E-state index contributed by atoms with van der Waals surface area (Å²) in [5.74, 6) is -0.331. The first-order valence-corrected chi connectivity index (χ1v) is 10.3. The Morgan fingerprint density at radius 2 is 1.85 bits per heavy atom. The van der Waals surface area contributed by atoms with Crippen molar-refractivity contribution in [2.24, 2.45) is 0 Å². The quantitative estimate of drug-likeness (QED) is 0.420. The third kappa shape index (κ3) is 4.44. The number of rotatable bonds is 7. The zero-order valence-corrected chi connectivity index (χ0v) is 17.7. The molecule has 34 heavy (non-hydrogen) atoms. The van der Waals surface area contributed by atoms with E-state index in [1.807, 2.05) is 30.3 Å². The van der Waals surface area contributed by atoms with Crippen LogP contribution < -0.4 is 19.5 Å². The van der Waals surface area contributed by atoms with Gasteiger partial charge in [0.05, 0.1) is 23.0 Å². The maximum absolute atomic E-state index is 14.0. The van der Waals surface area contributed by atoms with E-state index in [2.05, 4.69) is 10.4 Å². The molecule has 0 saturated carbocycles. The molecule has 2 heterocycles. The van der Waals surface area contributed by atoms with Crippen molar-refractivity contribution < 1.29 is 28.2 Å². The number of fused-ring (bicyclic) bond motifs is 1. The Hall–Kier alpha value is -4.66. The number of ketones is 1. The van der Waals surface area contributed by atoms with Crippen LogP contribution in [0.25, 0.3) is 5.69 Å². The topological polar surface area (TPSA) is 91.7 Å². The van der Waals surface area contributed by atoms with Crippen molar-refractivity contribution in [3.05, 3.63) is 96.1 Å². The molecule has 5 rings (SSSR count). The van der Waals surface area contributed by atoms with Crippen LogP contribution in [0.4, 0.5) is 10.1 Å². The number of para-hydroxylation sites is 1. The number of ether oxygens (including phenoxy) is 3. The molecule has 0 radical (unpaired) electrons. The smallest absolute Gasteiger partial charge is 0.262 e. The van der Waals surface area contributed by atoms with Gasteiger partial charge < -0.3 is 19.5 Å². The summed E-state index contributed by atoms with van der Waals surface area (Å²) in [7, 11) is 0. The number of hydrogen-bond acceptors (Lipinski definition) is 6. The van der Waals surface area contributed by atoms with Crippen molar-refractivity contribution in [1.82, 2.24) is 9.78 Å². The summed E-state index contributed by atoms with van der Waals surface area (Å²) in [6.07, 6.45) is 2.95. The van der Waals surface area contributed by atoms with Crippen LogP contribution in [0, 0.1) is 5.82 Å². The van der Waals surface area contributed by atoms with Gasteiger partial charge >= 0.3 is 0 Å². The van der Waals surface area contributed by atoms with Crippen molar-refractivity contribution in [3.63, 3.8) is 0 Å². The SMILES string of the molecule is O=C(COc1ccc(F)cc1C(=O)c1cnn(-c2ccccc2)c1)Nc1ccc2c(c1)OCO2. The zero-order chi connectivity index (χ0) is 23.5. The maximum Gasteiger partial charge on any atom is 0.262 e. The lowest BCUT2D eigenvalue weighted by Gasteiger charge is -2.11. The minimum Gasteiger partial charge on any atom is -0.483 e. The molecular formula is C25H18FN3O5. The molecule has 1 amide bonds. The van der Waals surface area contributed by atoms with Gasteiger partial charge in [0.1, 0.15) is 11.6 Å². The molecule has 3 aromatic carbocycles. The van der Waals surface area contributed by atoms with Crippen LogP contribution in [0.1, 0.15) is 15.9 Å². The van der Waals surface area contributed by atoms with E-state index in [1.165, 1.54) is 12.3 Å². The van der Waals surface area contributed by atoms with Crippen molar-refractivity contribution in [1.29, 1.82) is 0 Å². The first-order valence-electron chi connectivity index (χ1n) is 10.3. The van der Waals surface area contributed by atoms with Gasteiger partial charge in [0.2, 0.25) is 6.79 Å². The molecule has 0 unspecified atom stereocenters. The van der Waals surface area contributed by atoms with E-state index in [0.717, 1.165) is 17.8 Å². The number of nitrogens with one attached hydrogen (secondary N) is 1. The number of halogens is 1. The number of amides is 1. The van der Waals surface area contributed by atoms with E-state index in [4.69, 9.17) is 14.2 Å². The molecule has 0 bridgehead atoms. The minimum absolute atomic E-state index is 0.0107. The van der Waals surface area contributed by atoms with Gasteiger partial charge in [-0.3, -0.25) is 9.59 Å². The summed E-state index contributed by atoms with van der Waals surface area (Å²) in [4.78, 5) is 25.5. The number of carbonyl (C=O) groups is 2. The molecule has 0 saturated heterocycles. The molecule has 0 aliphatic carbocycles. The molecule has 9 heteroatoms. The first kappa shape index (κ1) is 21.2. The van der Waals surface area contributed by atoms with E-state index in [1.54, 1.807) is 29.1 Å². The lowest BCUT2D eigenvalue weighted by Crippen LogP contribution is -2.21. The number of carbonyl (C=O) groups excluding carboxylic acids is 2. The Kier molecular flexibility index (Phi) is 5.65. The molecule has 1 aliphatic heterocycles. The van der Waals surface area contributed by atoms with Gasteiger partial charge in [-0.1, -0.05) is 18.2 Å².